The fraction of sp³-hybridized carbons (Fsp3) is 0.350. The Kier molecular flexibility index (Phi) is 6.40. The zero-order valence-corrected chi connectivity index (χ0v) is 19.0. The first-order valence-corrected chi connectivity index (χ1v) is 12.5. The van der Waals surface area contributed by atoms with E-state index >= 15 is 0 Å². The first kappa shape index (κ1) is 23.2. The lowest BCUT2D eigenvalue weighted by Gasteiger charge is -2.21. The second-order valence-corrected chi connectivity index (χ2v) is 10.6. The highest BCUT2D eigenvalue weighted by atomic mass is 32.2. The van der Waals surface area contributed by atoms with E-state index in [9.17, 15) is 26.0 Å². The van der Waals surface area contributed by atoms with E-state index in [4.69, 9.17) is 0 Å². The molecule has 0 atom stereocenters. The Morgan fingerprint density at radius 2 is 1.77 bits per heavy atom. The van der Waals surface area contributed by atoms with Crippen molar-refractivity contribution in [2.45, 2.75) is 30.1 Å². The Balaban J connectivity index is 2.03. The number of ether oxygens (including phenoxy) is 1. The molecule has 0 radical (unpaired) electrons. The summed E-state index contributed by atoms with van der Waals surface area (Å²) in [6.45, 7) is 4.12. The lowest BCUT2D eigenvalue weighted by Crippen LogP contribution is -2.31. The highest BCUT2D eigenvalue weighted by Crippen LogP contribution is 2.35. The molecule has 0 aromatic heterocycles. The first-order valence-electron chi connectivity index (χ1n) is 9.61. The van der Waals surface area contributed by atoms with Gasteiger partial charge in [-0.25, -0.2) is 26.0 Å². The summed E-state index contributed by atoms with van der Waals surface area (Å²) in [5.74, 6) is -1.79. The number of hydrogen-bond donors (Lipinski definition) is 0. The molecule has 0 saturated heterocycles. The van der Waals surface area contributed by atoms with Gasteiger partial charge in [0.1, 0.15) is 10.7 Å². The van der Waals surface area contributed by atoms with Crippen LogP contribution in [0.1, 0.15) is 29.8 Å². The minimum Gasteiger partial charge on any atom is -0.465 e. The summed E-state index contributed by atoms with van der Waals surface area (Å²) in [6.07, 6.45) is 0.272. The molecule has 1 heterocycles. The molecular formula is C20H23FN2O6S2. The minimum atomic E-state index is -4.33. The number of hydrogen-bond acceptors (Lipinski definition) is 6. The van der Waals surface area contributed by atoms with Crippen molar-refractivity contribution in [3.63, 3.8) is 0 Å². The van der Waals surface area contributed by atoms with Crippen LogP contribution in [0.25, 0.3) is 0 Å². The van der Waals surface area contributed by atoms with Crippen LogP contribution in [0.5, 0.6) is 0 Å². The van der Waals surface area contributed by atoms with Gasteiger partial charge in [0.15, 0.2) is 0 Å². The summed E-state index contributed by atoms with van der Waals surface area (Å²) < 4.78 is 73.2. The summed E-state index contributed by atoms with van der Waals surface area (Å²) in [4.78, 5) is 11.2. The van der Waals surface area contributed by atoms with E-state index in [1.165, 1.54) is 22.5 Å². The van der Waals surface area contributed by atoms with Crippen molar-refractivity contribution < 1.29 is 30.8 Å². The first-order chi connectivity index (χ1) is 14.6. The largest absolute Gasteiger partial charge is 0.465 e. The number of halogens is 1. The maximum atomic E-state index is 14.4. The Bertz CT molecular complexity index is 1220. The quantitative estimate of drug-likeness (QED) is 0.576. The standard InChI is InChI=1S/C20H23FN2O6S2/c1-4-22(5-2)30(25,26)16-7-9-18-14(12-16)10-11-23(18)31(27,28)19-13-15(20(24)29-3)6-8-17(19)21/h6-9,12-13H,4-5,10-11H2,1-3H3. The van der Waals surface area contributed by atoms with E-state index in [2.05, 4.69) is 4.74 Å². The number of anilines is 1. The maximum absolute atomic E-state index is 14.4. The van der Waals surface area contributed by atoms with Crippen LogP contribution in [-0.4, -0.2) is 53.9 Å². The zero-order chi connectivity index (χ0) is 23.0. The Labute approximate surface area is 181 Å². The van der Waals surface area contributed by atoms with Gasteiger partial charge in [0.2, 0.25) is 10.0 Å². The molecule has 0 unspecified atom stereocenters. The topological polar surface area (TPSA) is 101 Å². The smallest absolute Gasteiger partial charge is 0.337 e. The molecule has 0 aliphatic carbocycles. The third-order valence-corrected chi connectivity index (χ3v) is 9.04. The van der Waals surface area contributed by atoms with Gasteiger partial charge in [-0.05, 0) is 48.4 Å². The predicted molar refractivity (Wildman–Crippen MR) is 113 cm³/mol. The molecule has 0 spiro atoms. The average Bonchev–Trinajstić information content (AvgIpc) is 3.18. The van der Waals surface area contributed by atoms with Gasteiger partial charge in [0.25, 0.3) is 10.0 Å². The van der Waals surface area contributed by atoms with E-state index in [0.717, 1.165) is 29.6 Å². The molecule has 1 aliphatic heterocycles. The lowest BCUT2D eigenvalue weighted by molar-refractivity contribution is 0.0600. The van der Waals surface area contributed by atoms with E-state index < -0.39 is 36.7 Å². The molecule has 8 nitrogen and oxygen atoms in total. The van der Waals surface area contributed by atoms with Crippen LogP contribution in [-0.2, 0) is 31.2 Å². The summed E-state index contributed by atoms with van der Waals surface area (Å²) in [6, 6.07) is 7.20. The van der Waals surface area contributed by atoms with Crippen LogP contribution in [0.4, 0.5) is 10.1 Å². The van der Waals surface area contributed by atoms with Crippen molar-refractivity contribution in [3.8, 4) is 0 Å². The Hall–Kier alpha value is -2.50. The van der Waals surface area contributed by atoms with Crippen LogP contribution in [0.3, 0.4) is 0 Å². The lowest BCUT2D eigenvalue weighted by atomic mass is 10.2. The van der Waals surface area contributed by atoms with E-state index in [0.29, 0.717) is 18.7 Å². The fourth-order valence-electron chi connectivity index (χ4n) is 3.54. The predicted octanol–water partition coefficient (Wildman–Crippen LogP) is 2.39. The molecule has 2 aromatic rings. The number of rotatable bonds is 7. The van der Waals surface area contributed by atoms with E-state index in [1.54, 1.807) is 13.8 Å². The highest BCUT2D eigenvalue weighted by molar-refractivity contribution is 7.93. The van der Waals surface area contributed by atoms with Gasteiger partial charge in [-0.15, -0.1) is 0 Å². The molecule has 0 amide bonds. The second-order valence-electron chi connectivity index (χ2n) is 6.84. The van der Waals surface area contributed by atoms with Crippen LogP contribution < -0.4 is 4.31 Å². The van der Waals surface area contributed by atoms with Crippen molar-refractivity contribution in [2.24, 2.45) is 0 Å². The van der Waals surface area contributed by atoms with Crippen molar-refractivity contribution in [2.75, 3.05) is 31.0 Å². The van der Waals surface area contributed by atoms with Crippen LogP contribution >= 0.6 is 0 Å². The molecule has 3 rings (SSSR count). The minimum absolute atomic E-state index is 0.0222. The highest BCUT2D eigenvalue weighted by Gasteiger charge is 2.34. The normalized spacial score (nSPS) is 14.0. The number of fused-ring (bicyclic) bond motifs is 1. The van der Waals surface area contributed by atoms with Crippen LogP contribution in [0.2, 0.25) is 0 Å². The Morgan fingerprint density at radius 3 is 2.39 bits per heavy atom. The van der Waals surface area contributed by atoms with Crippen molar-refractivity contribution in [3.05, 3.63) is 53.3 Å². The monoisotopic (exact) mass is 470 g/mol. The summed E-state index contributed by atoms with van der Waals surface area (Å²) in [5, 5.41) is 0. The fourth-order valence-corrected chi connectivity index (χ4v) is 6.64. The van der Waals surface area contributed by atoms with Gasteiger partial charge in [0.05, 0.1) is 23.3 Å². The number of nitrogens with zero attached hydrogens (tertiary/aromatic N) is 2. The van der Waals surface area contributed by atoms with E-state index in [-0.39, 0.29) is 29.1 Å². The van der Waals surface area contributed by atoms with Gasteiger partial charge < -0.3 is 4.74 Å². The van der Waals surface area contributed by atoms with Gasteiger partial charge in [-0.1, -0.05) is 13.8 Å². The summed E-state index contributed by atoms with van der Waals surface area (Å²) in [5.41, 5.74) is 0.713. The number of carbonyl (C=O) groups excluding carboxylic acids is 1. The molecule has 0 fully saturated rings. The molecule has 0 saturated carbocycles. The number of benzene rings is 2. The molecule has 0 bridgehead atoms. The number of esters is 1. The van der Waals surface area contributed by atoms with Crippen LogP contribution in [0, 0.1) is 5.82 Å². The molecule has 1 aliphatic rings. The maximum Gasteiger partial charge on any atom is 0.337 e. The van der Waals surface area contributed by atoms with Crippen molar-refractivity contribution in [1.82, 2.24) is 4.31 Å². The second kappa shape index (κ2) is 8.56. The zero-order valence-electron chi connectivity index (χ0n) is 17.3. The number of sulfonamides is 2. The Morgan fingerprint density at radius 1 is 1.10 bits per heavy atom. The third kappa shape index (κ3) is 4.04. The van der Waals surface area contributed by atoms with E-state index in [1.807, 2.05) is 0 Å². The molecule has 11 heteroatoms. The van der Waals surface area contributed by atoms with Gasteiger partial charge in [-0.2, -0.15) is 4.31 Å². The summed E-state index contributed by atoms with van der Waals surface area (Å²) in [7, 11) is -6.89. The number of carbonyl (C=O) groups is 1. The van der Waals surface area contributed by atoms with Gasteiger partial charge in [0, 0.05) is 19.6 Å². The third-order valence-electron chi connectivity index (χ3n) is 5.17. The molecule has 0 N–H and O–H groups in total. The number of methoxy groups -OCH3 is 1. The summed E-state index contributed by atoms with van der Waals surface area (Å²) >= 11 is 0. The molecule has 31 heavy (non-hydrogen) atoms. The molecule has 2 aromatic carbocycles. The molecular weight excluding hydrogens is 447 g/mol. The molecule has 168 valence electrons. The van der Waals surface area contributed by atoms with Crippen molar-refractivity contribution in [1.29, 1.82) is 0 Å². The van der Waals surface area contributed by atoms with Crippen molar-refractivity contribution >= 4 is 31.7 Å². The van der Waals surface area contributed by atoms with Gasteiger partial charge in [-0.3, -0.25) is 4.31 Å². The van der Waals surface area contributed by atoms with Gasteiger partial charge >= 0.3 is 5.97 Å². The SMILES string of the molecule is CCN(CC)S(=O)(=O)c1ccc2c(c1)CCN2S(=O)(=O)c1cc(C(=O)OC)ccc1F. The average molecular weight is 471 g/mol. The van der Waals surface area contributed by atoms with Crippen LogP contribution in [0.15, 0.2) is 46.2 Å².